The van der Waals surface area contributed by atoms with Gasteiger partial charge in [-0.15, -0.1) is 0 Å². The molecule has 1 aliphatic heterocycles. The highest BCUT2D eigenvalue weighted by Crippen LogP contribution is 2.41. The molecule has 34 heavy (non-hydrogen) atoms. The van der Waals surface area contributed by atoms with Crippen molar-refractivity contribution in [2.75, 3.05) is 6.54 Å². The minimum absolute atomic E-state index is 0.155. The predicted octanol–water partition coefficient (Wildman–Crippen LogP) is 3.36. The highest BCUT2D eigenvalue weighted by Gasteiger charge is 2.51. The van der Waals surface area contributed by atoms with Gasteiger partial charge in [0.05, 0.1) is 11.8 Å². The van der Waals surface area contributed by atoms with Crippen LogP contribution in [-0.4, -0.2) is 46.1 Å². The van der Waals surface area contributed by atoms with E-state index in [4.69, 9.17) is 14.7 Å². The Balaban J connectivity index is 1.86. The van der Waals surface area contributed by atoms with Crippen molar-refractivity contribution in [3.8, 4) is 5.75 Å². The van der Waals surface area contributed by atoms with E-state index in [0.29, 0.717) is 24.3 Å². The summed E-state index contributed by atoms with van der Waals surface area (Å²) in [6, 6.07) is 16.0. The summed E-state index contributed by atoms with van der Waals surface area (Å²) in [6.45, 7) is 7.52. The number of benzene rings is 2. The van der Waals surface area contributed by atoms with Gasteiger partial charge < -0.3 is 14.4 Å². The molecule has 0 radical (unpaired) electrons. The fourth-order valence-electron chi connectivity index (χ4n) is 4.17. The molecule has 3 rings (SSSR count). The first-order chi connectivity index (χ1) is 16.1. The molecule has 0 aromatic heterocycles. The van der Waals surface area contributed by atoms with Crippen molar-refractivity contribution in [3.63, 3.8) is 0 Å². The monoisotopic (exact) mass is 468 g/mol. The van der Waals surface area contributed by atoms with Crippen LogP contribution < -0.4 is 10.2 Å². The lowest BCUT2D eigenvalue weighted by Crippen LogP contribution is -2.48. The zero-order chi connectivity index (χ0) is 24.9. The number of amides is 2. The first-order valence-electron chi connectivity index (χ1n) is 11.3. The minimum atomic E-state index is -1.18. The SMILES string of the molecule is CC(C(=O)NO)N1CCC(CC(=O)OC(C)(C)C)(c2ccc(OCc3ccccc3)cc2)C1=O. The molecule has 1 saturated heterocycles. The van der Waals surface area contributed by atoms with Crippen molar-refractivity contribution in [1.82, 2.24) is 10.4 Å². The lowest BCUT2D eigenvalue weighted by atomic mass is 9.76. The van der Waals surface area contributed by atoms with E-state index in [9.17, 15) is 14.4 Å². The Hall–Kier alpha value is -3.39. The second kappa shape index (κ2) is 10.3. The van der Waals surface area contributed by atoms with Crippen molar-refractivity contribution in [1.29, 1.82) is 0 Å². The number of carbonyl (C=O) groups excluding carboxylic acids is 3. The quantitative estimate of drug-likeness (QED) is 0.350. The molecule has 8 heteroatoms. The van der Waals surface area contributed by atoms with Gasteiger partial charge in [-0.05, 0) is 57.4 Å². The number of ether oxygens (including phenoxy) is 2. The Morgan fingerprint density at radius 2 is 1.76 bits per heavy atom. The molecule has 0 aliphatic carbocycles. The number of hydroxylamine groups is 1. The van der Waals surface area contributed by atoms with E-state index >= 15 is 0 Å². The van der Waals surface area contributed by atoms with Crippen LogP contribution in [0.25, 0.3) is 0 Å². The summed E-state index contributed by atoms with van der Waals surface area (Å²) < 4.78 is 11.4. The Morgan fingerprint density at radius 1 is 1.12 bits per heavy atom. The van der Waals surface area contributed by atoms with Crippen molar-refractivity contribution < 1.29 is 29.1 Å². The van der Waals surface area contributed by atoms with E-state index in [1.165, 1.54) is 11.8 Å². The zero-order valence-electron chi connectivity index (χ0n) is 20.0. The number of rotatable bonds is 8. The normalized spacial score (nSPS) is 19.0. The lowest BCUT2D eigenvalue weighted by Gasteiger charge is -2.31. The fraction of sp³-hybridized carbons (Fsp3) is 0.423. The van der Waals surface area contributed by atoms with Gasteiger partial charge >= 0.3 is 5.97 Å². The number of hydrogen-bond donors (Lipinski definition) is 2. The van der Waals surface area contributed by atoms with Crippen LogP contribution in [0.1, 0.15) is 51.7 Å². The van der Waals surface area contributed by atoms with Crippen molar-refractivity contribution in [3.05, 3.63) is 65.7 Å². The summed E-state index contributed by atoms with van der Waals surface area (Å²) in [5, 5.41) is 9.01. The van der Waals surface area contributed by atoms with Gasteiger partial charge in [0.1, 0.15) is 24.0 Å². The van der Waals surface area contributed by atoms with Crippen LogP contribution >= 0.6 is 0 Å². The number of esters is 1. The highest BCUT2D eigenvalue weighted by molar-refractivity contribution is 5.97. The molecule has 0 saturated carbocycles. The van der Waals surface area contributed by atoms with E-state index in [0.717, 1.165) is 5.56 Å². The molecule has 2 aromatic rings. The van der Waals surface area contributed by atoms with Crippen molar-refractivity contribution in [2.45, 2.75) is 64.2 Å². The Labute approximate surface area is 199 Å². The summed E-state index contributed by atoms with van der Waals surface area (Å²) >= 11 is 0. The fourth-order valence-corrected chi connectivity index (χ4v) is 4.17. The highest BCUT2D eigenvalue weighted by atomic mass is 16.6. The van der Waals surface area contributed by atoms with Gasteiger partial charge in [0.2, 0.25) is 5.91 Å². The number of carbonyl (C=O) groups is 3. The van der Waals surface area contributed by atoms with E-state index in [1.807, 2.05) is 30.3 Å². The van der Waals surface area contributed by atoms with Crippen molar-refractivity contribution >= 4 is 17.8 Å². The van der Waals surface area contributed by atoms with E-state index in [1.54, 1.807) is 50.5 Å². The van der Waals surface area contributed by atoms with E-state index < -0.39 is 28.9 Å². The topological polar surface area (TPSA) is 105 Å². The summed E-state index contributed by atoms with van der Waals surface area (Å²) in [4.78, 5) is 39.8. The molecule has 2 unspecified atom stereocenters. The molecule has 2 atom stereocenters. The lowest BCUT2D eigenvalue weighted by molar-refractivity contribution is -0.158. The molecule has 8 nitrogen and oxygen atoms in total. The molecule has 0 bridgehead atoms. The third-order valence-corrected chi connectivity index (χ3v) is 5.93. The smallest absolute Gasteiger partial charge is 0.307 e. The third kappa shape index (κ3) is 5.75. The van der Waals surface area contributed by atoms with Crippen LogP contribution in [0.3, 0.4) is 0 Å². The molecule has 1 heterocycles. The maximum atomic E-state index is 13.6. The molecule has 1 aliphatic rings. The van der Waals surface area contributed by atoms with Gasteiger partial charge in [-0.1, -0.05) is 42.5 Å². The van der Waals surface area contributed by atoms with E-state index in [2.05, 4.69) is 0 Å². The Kier molecular flexibility index (Phi) is 7.61. The van der Waals surface area contributed by atoms with Gasteiger partial charge in [0, 0.05) is 6.54 Å². The average Bonchev–Trinajstić information content (AvgIpc) is 3.13. The minimum Gasteiger partial charge on any atom is -0.489 e. The van der Waals surface area contributed by atoms with Crippen LogP contribution in [0.15, 0.2) is 54.6 Å². The van der Waals surface area contributed by atoms with Gasteiger partial charge in [-0.2, -0.15) is 0 Å². The standard InChI is InChI=1S/C26H32N2O6/c1-18(23(30)27-32)28-15-14-26(24(28)31,16-22(29)34-25(2,3)4)20-10-12-21(13-11-20)33-17-19-8-6-5-7-9-19/h5-13,18,32H,14-17H2,1-4H3,(H,27,30). The number of likely N-dealkylation sites (tertiary alicyclic amines) is 1. The Morgan fingerprint density at radius 3 is 2.35 bits per heavy atom. The van der Waals surface area contributed by atoms with Crippen LogP contribution in [0.5, 0.6) is 5.75 Å². The average molecular weight is 469 g/mol. The predicted molar refractivity (Wildman–Crippen MR) is 125 cm³/mol. The second-order valence-corrected chi connectivity index (χ2v) is 9.54. The number of nitrogens with one attached hydrogen (secondary N) is 1. The molecular formula is C26H32N2O6. The van der Waals surface area contributed by atoms with Crippen LogP contribution in [0, 0.1) is 0 Å². The first kappa shape index (κ1) is 25.2. The summed E-state index contributed by atoms with van der Waals surface area (Å²) in [6.07, 6.45) is 0.176. The number of hydrogen-bond acceptors (Lipinski definition) is 6. The zero-order valence-corrected chi connectivity index (χ0v) is 20.0. The first-order valence-corrected chi connectivity index (χ1v) is 11.3. The van der Waals surface area contributed by atoms with Crippen LogP contribution in [-0.2, 0) is 31.1 Å². The summed E-state index contributed by atoms with van der Waals surface area (Å²) in [5.41, 5.74) is 1.40. The summed E-state index contributed by atoms with van der Waals surface area (Å²) in [5.74, 6) is -0.903. The molecule has 2 amide bonds. The van der Waals surface area contributed by atoms with Gasteiger partial charge in [-0.3, -0.25) is 19.6 Å². The Bertz CT molecular complexity index is 1020. The van der Waals surface area contributed by atoms with Crippen LogP contribution in [0.4, 0.5) is 0 Å². The number of nitrogens with zero attached hydrogens (tertiary/aromatic N) is 1. The maximum Gasteiger partial charge on any atom is 0.307 e. The van der Waals surface area contributed by atoms with Gasteiger partial charge in [-0.25, -0.2) is 5.48 Å². The van der Waals surface area contributed by atoms with Gasteiger partial charge in [0.25, 0.3) is 5.91 Å². The third-order valence-electron chi connectivity index (χ3n) is 5.93. The van der Waals surface area contributed by atoms with Crippen LogP contribution in [0.2, 0.25) is 0 Å². The second-order valence-electron chi connectivity index (χ2n) is 9.54. The summed E-state index contributed by atoms with van der Waals surface area (Å²) in [7, 11) is 0. The van der Waals surface area contributed by atoms with E-state index in [-0.39, 0.29) is 18.9 Å². The molecule has 0 spiro atoms. The molecule has 182 valence electrons. The molecule has 2 N–H and O–H groups in total. The van der Waals surface area contributed by atoms with Gasteiger partial charge in [0.15, 0.2) is 0 Å². The van der Waals surface area contributed by atoms with Crippen molar-refractivity contribution in [2.24, 2.45) is 0 Å². The molecular weight excluding hydrogens is 436 g/mol. The molecule has 1 fully saturated rings. The largest absolute Gasteiger partial charge is 0.489 e. The maximum absolute atomic E-state index is 13.6. The molecule has 2 aromatic carbocycles.